The molecule has 0 radical (unpaired) electrons. The summed E-state index contributed by atoms with van der Waals surface area (Å²) in [5, 5.41) is 0. The molecule has 1 unspecified atom stereocenters. The second kappa shape index (κ2) is 6.28. The van der Waals surface area contributed by atoms with E-state index in [2.05, 4.69) is 4.90 Å². The summed E-state index contributed by atoms with van der Waals surface area (Å²) < 4.78 is 38.0. The molecule has 0 spiro atoms. The Balaban J connectivity index is 0.000000861. The molecular weight excluding hydrogens is 253 g/mol. The monoisotopic (exact) mass is 274 g/mol. The molecule has 108 valence electrons. The lowest BCUT2D eigenvalue weighted by Crippen LogP contribution is -2.18. The number of nitrogens with zero attached hydrogens (tertiary/aromatic N) is 1. The molecule has 1 atom stereocenters. The average molecular weight is 274 g/mol. The van der Waals surface area contributed by atoms with Crippen LogP contribution < -0.4 is 5.73 Å². The lowest BCUT2D eigenvalue weighted by molar-refractivity contribution is -0.137. The van der Waals surface area contributed by atoms with Gasteiger partial charge in [-0.15, -0.1) is 0 Å². The zero-order chi connectivity index (χ0) is 14.6. The lowest BCUT2D eigenvalue weighted by atomic mass is 10.0. The van der Waals surface area contributed by atoms with E-state index in [1.165, 1.54) is 6.07 Å². The molecule has 2 nitrogen and oxygen atoms in total. The molecule has 1 fully saturated rings. The largest absolute Gasteiger partial charge is 0.416 e. The molecule has 0 bridgehead atoms. The van der Waals surface area contributed by atoms with Crippen LogP contribution in [0.2, 0.25) is 0 Å². The van der Waals surface area contributed by atoms with Crippen molar-refractivity contribution in [2.45, 2.75) is 38.9 Å². The van der Waals surface area contributed by atoms with Crippen molar-refractivity contribution < 1.29 is 13.2 Å². The molecule has 2 N–H and O–H groups in total. The quantitative estimate of drug-likeness (QED) is 0.782. The van der Waals surface area contributed by atoms with Gasteiger partial charge in [-0.2, -0.15) is 13.2 Å². The molecule has 0 aliphatic carbocycles. The summed E-state index contributed by atoms with van der Waals surface area (Å²) in [4.78, 5) is 2.06. The van der Waals surface area contributed by atoms with E-state index in [1.807, 2.05) is 20.9 Å². The second-order valence-corrected chi connectivity index (χ2v) is 4.52. The minimum Gasteiger partial charge on any atom is -0.399 e. The highest BCUT2D eigenvalue weighted by atomic mass is 19.4. The smallest absolute Gasteiger partial charge is 0.399 e. The SMILES string of the molecule is CC.CN1CCCC1c1cc(N)cc(C(F)(F)F)c1. The number of hydrogen-bond donors (Lipinski definition) is 1. The number of benzene rings is 1. The Labute approximate surface area is 112 Å². The molecular formula is C14H21F3N2. The molecule has 0 saturated carbocycles. The maximum Gasteiger partial charge on any atom is 0.416 e. The number of alkyl halides is 3. The van der Waals surface area contributed by atoms with Crippen molar-refractivity contribution in [3.8, 4) is 0 Å². The van der Waals surface area contributed by atoms with E-state index in [4.69, 9.17) is 5.73 Å². The Morgan fingerprint density at radius 3 is 2.32 bits per heavy atom. The molecule has 1 aliphatic rings. The van der Waals surface area contributed by atoms with Crippen molar-refractivity contribution in [3.63, 3.8) is 0 Å². The number of halogens is 3. The molecule has 2 rings (SSSR count). The standard InChI is InChI=1S/C12H15F3N2.C2H6/c1-17-4-2-3-11(17)8-5-9(12(13,14)15)7-10(16)6-8;1-2/h5-7,11H,2-4,16H2,1H3;1-2H3. The van der Waals surface area contributed by atoms with Crippen LogP contribution in [0.25, 0.3) is 0 Å². The summed E-state index contributed by atoms with van der Waals surface area (Å²) in [7, 11) is 1.92. The minimum atomic E-state index is -4.33. The van der Waals surface area contributed by atoms with Gasteiger partial charge in [0.2, 0.25) is 0 Å². The minimum absolute atomic E-state index is 0.0552. The average Bonchev–Trinajstić information content (AvgIpc) is 2.76. The molecule has 1 aromatic carbocycles. The van der Waals surface area contributed by atoms with Crippen molar-refractivity contribution in [3.05, 3.63) is 29.3 Å². The summed E-state index contributed by atoms with van der Waals surface area (Å²) in [6.07, 6.45) is -2.43. The van der Waals surface area contributed by atoms with Crippen LogP contribution in [0.15, 0.2) is 18.2 Å². The van der Waals surface area contributed by atoms with Gasteiger partial charge in [0.25, 0.3) is 0 Å². The number of rotatable bonds is 1. The summed E-state index contributed by atoms with van der Waals surface area (Å²) in [5.74, 6) is 0. The van der Waals surface area contributed by atoms with Crippen LogP contribution in [-0.4, -0.2) is 18.5 Å². The first-order valence-corrected chi connectivity index (χ1v) is 6.56. The van der Waals surface area contributed by atoms with Crippen LogP contribution in [0.4, 0.5) is 18.9 Å². The fourth-order valence-electron chi connectivity index (χ4n) is 2.36. The van der Waals surface area contributed by atoms with E-state index in [0.29, 0.717) is 5.56 Å². The highest BCUT2D eigenvalue weighted by molar-refractivity contribution is 5.46. The van der Waals surface area contributed by atoms with Crippen LogP contribution in [0.3, 0.4) is 0 Å². The fourth-order valence-corrected chi connectivity index (χ4v) is 2.36. The third-order valence-electron chi connectivity index (χ3n) is 3.21. The van der Waals surface area contributed by atoms with Crippen LogP contribution in [-0.2, 0) is 6.18 Å². The number of nitrogens with two attached hydrogens (primary N) is 1. The summed E-state index contributed by atoms with van der Waals surface area (Å²) in [5.41, 5.74) is 5.73. The van der Waals surface area contributed by atoms with Crippen molar-refractivity contribution in [1.29, 1.82) is 0 Å². The van der Waals surface area contributed by atoms with E-state index in [9.17, 15) is 13.2 Å². The van der Waals surface area contributed by atoms with Gasteiger partial charge in [0, 0.05) is 11.7 Å². The van der Waals surface area contributed by atoms with Gasteiger partial charge in [0.1, 0.15) is 0 Å². The summed E-state index contributed by atoms with van der Waals surface area (Å²) in [6, 6.07) is 3.89. The van der Waals surface area contributed by atoms with Gasteiger partial charge in [-0.05, 0) is 50.2 Å². The maximum atomic E-state index is 12.7. The second-order valence-electron chi connectivity index (χ2n) is 4.52. The van der Waals surface area contributed by atoms with Crippen molar-refractivity contribution in [2.24, 2.45) is 0 Å². The van der Waals surface area contributed by atoms with E-state index in [1.54, 1.807) is 6.07 Å². The predicted octanol–water partition coefficient (Wildman–Crippen LogP) is 4.08. The van der Waals surface area contributed by atoms with Crippen molar-refractivity contribution >= 4 is 5.69 Å². The fraction of sp³-hybridized carbons (Fsp3) is 0.571. The normalized spacial score (nSPS) is 20.0. The van der Waals surface area contributed by atoms with Crippen molar-refractivity contribution in [2.75, 3.05) is 19.3 Å². The Kier molecular flexibility index (Phi) is 5.23. The molecule has 1 heterocycles. The highest BCUT2D eigenvalue weighted by Crippen LogP contribution is 2.36. The molecule has 1 saturated heterocycles. The van der Waals surface area contributed by atoms with Gasteiger partial charge in [-0.3, -0.25) is 4.90 Å². The Bertz CT molecular complexity index is 416. The van der Waals surface area contributed by atoms with E-state index in [0.717, 1.165) is 25.5 Å². The highest BCUT2D eigenvalue weighted by Gasteiger charge is 2.32. The van der Waals surface area contributed by atoms with Gasteiger partial charge in [0.15, 0.2) is 0 Å². The van der Waals surface area contributed by atoms with Crippen LogP contribution >= 0.6 is 0 Å². The zero-order valence-electron chi connectivity index (χ0n) is 11.6. The molecule has 5 heteroatoms. The zero-order valence-corrected chi connectivity index (χ0v) is 11.6. The number of hydrogen-bond acceptors (Lipinski definition) is 2. The topological polar surface area (TPSA) is 29.3 Å². The Morgan fingerprint density at radius 1 is 1.21 bits per heavy atom. The van der Waals surface area contributed by atoms with Gasteiger partial charge in [0.05, 0.1) is 5.56 Å². The predicted molar refractivity (Wildman–Crippen MR) is 71.8 cm³/mol. The first-order valence-electron chi connectivity index (χ1n) is 6.56. The number of nitrogen functional groups attached to an aromatic ring is 1. The third kappa shape index (κ3) is 3.86. The first kappa shape index (κ1) is 15.8. The number of anilines is 1. The van der Waals surface area contributed by atoms with Gasteiger partial charge in [-0.25, -0.2) is 0 Å². The molecule has 0 aromatic heterocycles. The summed E-state index contributed by atoms with van der Waals surface area (Å²) in [6.45, 7) is 4.92. The molecule has 0 amide bonds. The van der Waals surface area contributed by atoms with Gasteiger partial charge >= 0.3 is 6.18 Å². The molecule has 19 heavy (non-hydrogen) atoms. The third-order valence-corrected chi connectivity index (χ3v) is 3.21. The maximum absolute atomic E-state index is 12.7. The van der Waals surface area contributed by atoms with Crippen molar-refractivity contribution in [1.82, 2.24) is 4.90 Å². The Hall–Kier alpha value is -1.23. The van der Waals surface area contributed by atoms with Gasteiger partial charge < -0.3 is 5.73 Å². The first-order chi connectivity index (χ1) is 8.88. The van der Waals surface area contributed by atoms with E-state index in [-0.39, 0.29) is 11.7 Å². The van der Waals surface area contributed by atoms with Crippen LogP contribution in [0.1, 0.15) is 43.9 Å². The van der Waals surface area contributed by atoms with E-state index >= 15 is 0 Å². The van der Waals surface area contributed by atoms with Gasteiger partial charge in [-0.1, -0.05) is 13.8 Å². The lowest BCUT2D eigenvalue weighted by Gasteiger charge is -2.21. The number of likely N-dealkylation sites (tertiary alicyclic amines) is 1. The van der Waals surface area contributed by atoms with Crippen LogP contribution in [0, 0.1) is 0 Å². The Morgan fingerprint density at radius 2 is 1.84 bits per heavy atom. The molecule has 1 aromatic rings. The van der Waals surface area contributed by atoms with Crippen LogP contribution in [0.5, 0.6) is 0 Å². The summed E-state index contributed by atoms with van der Waals surface area (Å²) >= 11 is 0. The van der Waals surface area contributed by atoms with E-state index < -0.39 is 11.7 Å². The molecule has 1 aliphatic heterocycles.